The number of amidine groups is 1. The number of amides is 2. The number of carbonyl (C=O) groups is 2. The summed E-state index contributed by atoms with van der Waals surface area (Å²) in [6, 6.07) is 4.19. The second kappa shape index (κ2) is 7.09. The van der Waals surface area contributed by atoms with Gasteiger partial charge in [0.25, 0.3) is 5.69 Å². The number of methoxy groups -OCH3 is 1. The van der Waals surface area contributed by atoms with Crippen molar-refractivity contribution in [3.05, 3.63) is 28.3 Å². The van der Waals surface area contributed by atoms with Crippen LogP contribution in [0.1, 0.15) is 19.3 Å². The van der Waals surface area contributed by atoms with Gasteiger partial charge in [0, 0.05) is 12.5 Å². The van der Waals surface area contributed by atoms with Crippen molar-refractivity contribution in [2.75, 3.05) is 12.4 Å². The minimum atomic E-state index is -0.547. The van der Waals surface area contributed by atoms with Gasteiger partial charge in [0.2, 0.25) is 11.8 Å². The number of ether oxygens (including phenoxy) is 1. The summed E-state index contributed by atoms with van der Waals surface area (Å²) < 4.78 is 5.07. The number of hydrogen-bond acceptors (Lipinski definition) is 7. The molecule has 1 saturated heterocycles. The van der Waals surface area contributed by atoms with Crippen LogP contribution in [-0.2, 0) is 9.59 Å². The van der Waals surface area contributed by atoms with Crippen molar-refractivity contribution in [1.29, 1.82) is 0 Å². The van der Waals surface area contributed by atoms with Crippen LogP contribution in [0.4, 0.5) is 11.4 Å². The molecule has 1 heterocycles. The number of carbonyl (C=O) groups excluding carboxylic acids is 2. The molecule has 1 unspecified atom stereocenters. The molecule has 2 N–H and O–H groups in total. The maximum Gasteiger partial charge on any atom is 0.273 e. The minimum absolute atomic E-state index is 0.0275. The molecule has 2 aliphatic rings. The summed E-state index contributed by atoms with van der Waals surface area (Å²) in [4.78, 5) is 38.7. The van der Waals surface area contributed by atoms with E-state index in [1.54, 1.807) is 0 Å². The lowest BCUT2D eigenvalue weighted by Crippen LogP contribution is -2.28. The molecule has 1 aromatic carbocycles. The first kappa shape index (κ1) is 17.2. The second-order valence-corrected chi connectivity index (χ2v) is 6.85. The van der Waals surface area contributed by atoms with Gasteiger partial charge in [0.15, 0.2) is 5.17 Å². The number of nitrogens with one attached hydrogen (secondary N) is 2. The SMILES string of the molecule is COc1cc([N+](=O)[O-])ccc1NC(=O)CC1SC(=NC2CC2)NC1=O. The Hall–Kier alpha value is -2.62. The fourth-order valence-electron chi connectivity index (χ4n) is 2.24. The molecule has 2 amide bonds. The smallest absolute Gasteiger partial charge is 0.273 e. The van der Waals surface area contributed by atoms with Crippen LogP contribution in [0, 0.1) is 10.1 Å². The molecule has 2 fully saturated rings. The Labute approximate surface area is 147 Å². The van der Waals surface area contributed by atoms with Gasteiger partial charge in [-0.25, -0.2) is 0 Å². The van der Waals surface area contributed by atoms with Crippen molar-refractivity contribution in [3.8, 4) is 5.75 Å². The molecule has 132 valence electrons. The van der Waals surface area contributed by atoms with Crippen LogP contribution in [0.25, 0.3) is 0 Å². The first-order valence-electron chi connectivity index (χ1n) is 7.64. The van der Waals surface area contributed by atoms with E-state index in [4.69, 9.17) is 4.74 Å². The van der Waals surface area contributed by atoms with Crippen LogP contribution < -0.4 is 15.4 Å². The molecular formula is C15H16N4O5S. The highest BCUT2D eigenvalue weighted by atomic mass is 32.2. The lowest BCUT2D eigenvalue weighted by Gasteiger charge is -2.11. The highest BCUT2D eigenvalue weighted by molar-refractivity contribution is 8.15. The van der Waals surface area contributed by atoms with Gasteiger partial charge in [-0.3, -0.25) is 24.7 Å². The van der Waals surface area contributed by atoms with Crippen LogP contribution in [0.2, 0.25) is 0 Å². The van der Waals surface area contributed by atoms with Gasteiger partial charge >= 0.3 is 0 Å². The van der Waals surface area contributed by atoms with Gasteiger partial charge in [-0.1, -0.05) is 11.8 Å². The first-order chi connectivity index (χ1) is 12.0. The van der Waals surface area contributed by atoms with Crippen LogP contribution in [-0.4, -0.2) is 40.3 Å². The number of nitro groups is 1. The van der Waals surface area contributed by atoms with E-state index in [2.05, 4.69) is 15.6 Å². The molecular weight excluding hydrogens is 348 g/mol. The number of anilines is 1. The summed E-state index contributed by atoms with van der Waals surface area (Å²) in [7, 11) is 1.36. The fourth-order valence-corrected chi connectivity index (χ4v) is 3.28. The summed E-state index contributed by atoms with van der Waals surface area (Å²) >= 11 is 1.25. The number of nitro benzene ring substituents is 1. The molecule has 0 aromatic heterocycles. The van der Waals surface area contributed by atoms with Crippen molar-refractivity contribution in [3.63, 3.8) is 0 Å². The molecule has 1 aliphatic heterocycles. The van der Waals surface area contributed by atoms with E-state index in [9.17, 15) is 19.7 Å². The van der Waals surface area contributed by atoms with Crippen molar-refractivity contribution in [2.45, 2.75) is 30.6 Å². The van der Waals surface area contributed by atoms with Crippen LogP contribution in [0.5, 0.6) is 5.75 Å². The zero-order chi connectivity index (χ0) is 18.0. The quantitative estimate of drug-likeness (QED) is 0.585. The van der Waals surface area contributed by atoms with E-state index >= 15 is 0 Å². The third-order valence-corrected chi connectivity index (χ3v) is 4.76. The summed E-state index contributed by atoms with van der Waals surface area (Å²) in [6.45, 7) is 0. The average molecular weight is 364 g/mol. The number of hydrogen-bond donors (Lipinski definition) is 2. The van der Waals surface area contributed by atoms with Crippen molar-refractivity contribution in [2.24, 2.45) is 4.99 Å². The van der Waals surface area contributed by atoms with Gasteiger partial charge < -0.3 is 15.4 Å². The number of nitrogens with zero attached hydrogens (tertiary/aromatic N) is 2. The molecule has 9 nitrogen and oxygen atoms in total. The largest absolute Gasteiger partial charge is 0.494 e. The average Bonchev–Trinajstić information content (AvgIpc) is 3.31. The van der Waals surface area contributed by atoms with Gasteiger partial charge in [0.05, 0.1) is 29.8 Å². The van der Waals surface area contributed by atoms with Crippen LogP contribution in [0.3, 0.4) is 0 Å². The fraction of sp³-hybridized carbons (Fsp3) is 0.400. The molecule has 3 rings (SSSR count). The number of thioether (sulfide) groups is 1. The topological polar surface area (TPSA) is 123 Å². The molecule has 1 aromatic rings. The third-order valence-electron chi connectivity index (χ3n) is 3.66. The van der Waals surface area contributed by atoms with Crippen molar-refractivity contribution >= 4 is 40.1 Å². The summed E-state index contributed by atoms with van der Waals surface area (Å²) in [5.74, 6) is -0.440. The summed E-state index contributed by atoms with van der Waals surface area (Å²) in [5, 5.41) is 16.1. The molecule has 1 saturated carbocycles. The molecule has 1 atom stereocenters. The molecule has 25 heavy (non-hydrogen) atoms. The Morgan fingerprint density at radius 2 is 2.28 bits per heavy atom. The van der Waals surface area contributed by atoms with Gasteiger partial charge in [-0.2, -0.15) is 0 Å². The van der Waals surface area contributed by atoms with E-state index < -0.39 is 10.2 Å². The summed E-state index contributed by atoms with van der Waals surface area (Å²) in [5.41, 5.74) is 0.176. The highest BCUT2D eigenvalue weighted by Crippen LogP contribution is 2.31. The molecule has 1 aliphatic carbocycles. The Bertz CT molecular complexity index is 762. The lowest BCUT2D eigenvalue weighted by molar-refractivity contribution is -0.384. The van der Waals surface area contributed by atoms with Crippen molar-refractivity contribution in [1.82, 2.24) is 5.32 Å². The Kier molecular flexibility index (Phi) is 4.88. The van der Waals surface area contributed by atoms with E-state index in [1.165, 1.54) is 37.1 Å². The van der Waals surface area contributed by atoms with E-state index in [0.717, 1.165) is 12.8 Å². The van der Waals surface area contributed by atoms with Crippen LogP contribution in [0.15, 0.2) is 23.2 Å². The predicted molar refractivity (Wildman–Crippen MR) is 92.9 cm³/mol. The third kappa shape index (κ3) is 4.27. The Balaban J connectivity index is 1.62. The zero-order valence-corrected chi connectivity index (χ0v) is 14.2. The maximum atomic E-state index is 12.2. The second-order valence-electron chi connectivity index (χ2n) is 5.66. The number of aliphatic imine (C=N–C) groups is 1. The number of non-ortho nitro benzene ring substituents is 1. The molecule has 0 spiro atoms. The van der Waals surface area contributed by atoms with E-state index in [1.807, 2.05) is 0 Å². The number of rotatable bonds is 6. The Morgan fingerprint density at radius 3 is 2.92 bits per heavy atom. The zero-order valence-electron chi connectivity index (χ0n) is 13.4. The van der Waals surface area contributed by atoms with Gasteiger partial charge in [0.1, 0.15) is 11.0 Å². The molecule has 0 bridgehead atoms. The van der Waals surface area contributed by atoms with E-state index in [0.29, 0.717) is 16.9 Å². The highest BCUT2D eigenvalue weighted by Gasteiger charge is 2.34. The molecule has 10 heteroatoms. The first-order valence-corrected chi connectivity index (χ1v) is 8.52. The van der Waals surface area contributed by atoms with Crippen molar-refractivity contribution < 1.29 is 19.2 Å². The summed E-state index contributed by atoms with van der Waals surface area (Å²) in [6.07, 6.45) is 2.04. The number of benzene rings is 1. The Morgan fingerprint density at radius 1 is 1.52 bits per heavy atom. The normalized spacial score (nSPS) is 21.1. The standard InChI is InChI=1S/C15H16N4O5S/c1-24-11-6-9(19(22)23)4-5-10(11)17-13(20)7-12-14(21)18-15(25-12)16-8-2-3-8/h4-6,8,12H,2-3,7H2,1H3,(H,17,20)(H,16,18,21). The molecule has 0 radical (unpaired) electrons. The lowest BCUT2D eigenvalue weighted by atomic mass is 10.2. The van der Waals surface area contributed by atoms with Crippen LogP contribution >= 0.6 is 11.8 Å². The van der Waals surface area contributed by atoms with E-state index in [-0.39, 0.29) is 29.7 Å². The minimum Gasteiger partial charge on any atom is -0.494 e. The van der Waals surface area contributed by atoms with Gasteiger partial charge in [-0.15, -0.1) is 0 Å². The predicted octanol–water partition coefficient (Wildman–Crippen LogP) is 1.68. The monoisotopic (exact) mass is 364 g/mol. The van der Waals surface area contributed by atoms with Gasteiger partial charge in [-0.05, 0) is 18.9 Å². The maximum absolute atomic E-state index is 12.2.